The molecule has 1 atom stereocenters. The molecule has 1 fully saturated rings. The smallest absolute Gasteiger partial charge is 0.345 e. The average molecular weight is 394 g/mol. The Bertz CT molecular complexity index is 952. The summed E-state index contributed by atoms with van der Waals surface area (Å²) in [7, 11) is -0.199. The molecule has 1 saturated carbocycles. The maximum absolute atomic E-state index is 12.4. The molecule has 0 amide bonds. The predicted molar refractivity (Wildman–Crippen MR) is 114 cm³/mol. The first kappa shape index (κ1) is 20.1. The summed E-state index contributed by atoms with van der Waals surface area (Å²) in [6, 6.07) is 8.14. The lowest BCUT2D eigenvalue weighted by molar-refractivity contribution is -0.156. The van der Waals surface area contributed by atoms with Gasteiger partial charge in [-0.1, -0.05) is 5.92 Å². The molecule has 144 valence electrons. The third-order valence-electron chi connectivity index (χ3n) is 4.94. The van der Waals surface area contributed by atoms with E-state index < -0.39 is 5.60 Å². The number of hydrogen-bond acceptors (Lipinski definition) is 3. The molecule has 28 heavy (non-hydrogen) atoms. The second kappa shape index (κ2) is 8.55. The minimum atomic E-state index is -0.628. The van der Waals surface area contributed by atoms with E-state index in [1.165, 1.54) is 0 Å². The molecule has 1 unspecified atom stereocenters. The van der Waals surface area contributed by atoms with Crippen LogP contribution in [0.2, 0.25) is 0 Å². The Hall–Kier alpha value is -2.69. The SMILES string of the molecule is C#Cc1ccc[s+]1-c1cc(C)c(OCC(=O)OC2(C#CC)CCCC2)c(C)c1. The molecule has 0 saturated heterocycles. The van der Waals surface area contributed by atoms with Crippen LogP contribution in [0, 0.1) is 38.0 Å². The number of carbonyl (C=O) groups is 1. The summed E-state index contributed by atoms with van der Waals surface area (Å²) >= 11 is 0. The van der Waals surface area contributed by atoms with Crippen LogP contribution in [0.1, 0.15) is 48.6 Å². The minimum Gasteiger partial charge on any atom is -0.481 e. The van der Waals surface area contributed by atoms with Crippen LogP contribution in [-0.4, -0.2) is 18.2 Å². The van der Waals surface area contributed by atoms with E-state index in [4.69, 9.17) is 15.9 Å². The van der Waals surface area contributed by atoms with Crippen LogP contribution in [0.5, 0.6) is 5.75 Å². The van der Waals surface area contributed by atoms with Crippen LogP contribution >= 0.6 is 10.5 Å². The van der Waals surface area contributed by atoms with Crippen molar-refractivity contribution < 1.29 is 14.3 Å². The molecule has 3 rings (SSSR count). The van der Waals surface area contributed by atoms with Crippen molar-refractivity contribution >= 4 is 16.4 Å². The molecule has 2 aromatic rings. The van der Waals surface area contributed by atoms with Gasteiger partial charge >= 0.3 is 5.97 Å². The van der Waals surface area contributed by atoms with Gasteiger partial charge in [0.05, 0.1) is 0 Å². The fraction of sp³-hybridized carbons (Fsp3) is 0.375. The van der Waals surface area contributed by atoms with Gasteiger partial charge in [-0.3, -0.25) is 0 Å². The maximum atomic E-state index is 12.4. The second-order valence-electron chi connectivity index (χ2n) is 7.07. The molecule has 1 aromatic heterocycles. The van der Waals surface area contributed by atoms with E-state index in [-0.39, 0.29) is 23.0 Å². The van der Waals surface area contributed by atoms with Crippen molar-refractivity contribution in [3.8, 4) is 34.8 Å². The highest BCUT2D eigenvalue weighted by atomic mass is 32.2. The standard InChI is InChI=1S/C24H25O3S/c1-5-11-24(12-7-8-13-24)27-22(25)17-26-23-18(3)15-21(16-19(23)4)28-14-9-10-20(28)6-2/h2,9-10,14-16H,7-8,12-13,17H2,1,3-4H3/q+1. The zero-order valence-electron chi connectivity index (χ0n) is 16.6. The van der Waals surface area contributed by atoms with E-state index in [0.29, 0.717) is 0 Å². The van der Waals surface area contributed by atoms with Crippen molar-refractivity contribution in [1.82, 2.24) is 0 Å². The quantitative estimate of drug-likeness (QED) is 0.394. The maximum Gasteiger partial charge on any atom is 0.345 e. The van der Waals surface area contributed by atoms with E-state index in [0.717, 1.165) is 52.3 Å². The Balaban J connectivity index is 1.72. The highest BCUT2D eigenvalue weighted by molar-refractivity contribution is 7.38. The number of rotatable bonds is 5. The lowest BCUT2D eigenvalue weighted by atomic mass is 10.0. The molecule has 0 N–H and O–H groups in total. The van der Waals surface area contributed by atoms with E-state index in [1.54, 1.807) is 6.92 Å². The highest BCUT2D eigenvalue weighted by Crippen LogP contribution is 2.39. The minimum absolute atomic E-state index is 0.116. The molecule has 1 aliphatic rings. The van der Waals surface area contributed by atoms with Crippen LogP contribution in [0.4, 0.5) is 0 Å². The van der Waals surface area contributed by atoms with E-state index in [2.05, 4.69) is 35.3 Å². The molecular weight excluding hydrogens is 368 g/mol. The molecular formula is C24H25O3S+. The van der Waals surface area contributed by atoms with Crippen LogP contribution in [0.15, 0.2) is 29.6 Å². The molecule has 3 nitrogen and oxygen atoms in total. The summed E-state index contributed by atoms with van der Waals surface area (Å²) in [6.07, 6.45) is 9.28. The number of ether oxygens (including phenoxy) is 2. The molecule has 4 heteroatoms. The van der Waals surface area contributed by atoms with Crippen LogP contribution in [-0.2, 0) is 9.53 Å². The number of hydrogen-bond donors (Lipinski definition) is 0. The topological polar surface area (TPSA) is 35.5 Å². The summed E-state index contributed by atoms with van der Waals surface area (Å²) < 4.78 is 11.5. The van der Waals surface area contributed by atoms with Gasteiger partial charge in [-0.2, -0.15) is 0 Å². The highest BCUT2D eigenvalue weighted by Gasteiger charge is 2.36. The largest absolute Gasteiger partial charge is 0.481 e. The number of terminal acetylenes is 1. The van der Waals surface area contributed by atoms with Gasteiger partial charge in [-0.25, -0.2) is 4.79 Å². The summed E-state index contributed by atoms with van der Waals surface area (Å²) in [5, 5.41) is 2.12. The number of aryl methyl sites for hydroxylation is 2. The van der Waals surface area contributed by atoms with Crippen LogP contribution in [0.3, 0.4) is 0 Å². The molecule has 0 radical (unpaired) electrons. The van der Waals surface area contributed by atoms with Crippen LogP contribution < -0.4 is 4.74 Å². The first-order valence-corrected chi connectivity index (χ1v) is 10.7. The summed E-state index contributed by atoms with van der Waals surface area (Å²) in [6.45, 7) is 5.64. The number of benzene rings is 1. The molecule has 1 heterocycles. The Morgan fingerprint density at radius 1 is 1.25 bits per heavy atom. The number of carbonyl (C=O) groups excluding carboxylic acids is 1. The normalized spacial score (nSPS) is 15.3. The van der Waals surface area contributed by atoms with E-state index in [9.17, 15) is 4.79 Å². The van der Waals surface area contributed by atoms with Gasteiger partial charge in [0.15, 0.2) is 17.1 Å². The van der Waals surface area contributed by atoms with Gasteiger partial charge in [-0.15, -0.1) is 12.3 Å². The molecule has 0 aliphatic heterocycles. The number of esters is 1. The first-order chi connectivity index (χ1) is 13.5. The Morgan fingerprint density at radius 3 is 2.54 bits per heavy atom. The molecule has 0 bridgehead atoms. The van der Waals surface area contributed by atoms with Gasteiger partial charge in [0.2, 0.25) is 4.88 Å². The second-order valence-corrected chi connectivity index (χ2v) is 8.93. The Kier molecular flexibility index (Phi) is 6.12. The summed E-state index contributed by atoms with van der Waals surface area (Å²) in [5.74, 6) is 9.10. The first-order valence-electron chi connectivity index (χ1n) is 9.46. The fourth-order valence-corrected chi connectivity index (χ4v) is 5.49. The monoisotopic (exact) mass is 393 g/mol. The summed E-state index contributed by atoms with van der Waals surface area (Å²) in [4.78, 5) is 14.5. The number of thiophene rings is 1. The van der Waals surface area contributed by atoms with Crippen molar-refractivity contribution in [2.45, 2.75) is 52.1 Å². The Labute approximate surface area is 170 Å². The Morgan fingerprint density at radius 2 is 1.93 bits per heavy atom. The van der Waals surface area contributed by atoms with Crippen molar-refractivity contribution in [2.75, 3.05) is 6.61 Å². The van der Waals surface area contributed by atoms with Gasteiger partial charge < -0.3 is 9.47 Å². The van der Waals surface area contributed by atoms with Crippen molar-refractivity contribution in [3.05, 3.63) is 45.6 Å². The van der Waals surface area contributed by atoms with Crippen LogP contribution in [0.25, 0.3) is 4.90 Å². The molecule has 0 spiro atoms. The lowest BCUT2D eigenvalue weighted by Crippen LogP contribution is -2.32. The van der Waals surface area contributed by atoms with Gasteiger partial charge in [0, 0.05) is 28.7 Å². The molecule has 1 aromatic carbocycles. The van der Waals surface area contributed by atoms with Crippen molar-refractivity contribution in [1.29, 1.82) is 0 Å². The van der Waals surface area contributed by atoms with Gasteiger partial charge in [-0.05, 0) is 69.6 Å². The third kappa shape index (κ3) is 4.24. The van der Waals surface area contributed by atoms with Gasteiger partial charge in [0.1, 0.15) is 11.1 Å². The van der Waals surface area contributed by atoms with Gasteiger partial charge in [0.25, 0.3) is 0 Å². The fourth-order valence-electron chi connectivity index (χ4n) is 3.74. The van der Waals surface area contributed by atoms with E-state index in [1.807, 2.05) is 26.0 Å². The third-order valence-corrected chi connectivity index (χ3v) is 6.84. The molecule has 1 aliphatic carbocycles. The zero-order valence-corrected chi connectivity index (χ0v) is 17.4. The average Bonchev–Trinajstić information content (AvgIpc) is 3.30. The zero-order chi connectivity index (χ0) is 20.1. The van der Waals surface area contributed by atoms with Crippen molar-refractivity contribution in [2.24, 2.45) is 0 Å². The summed E-state index contributed by atoms with van der Waals surface area (Å²) in [5.41, 5.74) is 1.34. The van der Waals surface area contributed by atoms with Crippen molar-refractivity contribution in [3.63, 3.8) is 0 Å². The van der Waals surface area contributed by atoms with E-state index >= 15 is 0 Å². The lowest BCUT2D eigenvalue weighted by Gasteiger charge is -2.23. The predicted octanol–water partition coefficient (Wildman–Crippen LogP) is 5.28.